The van der Waals surface area contributed by atoms with Gasteiger partial charge in [-0.15, -0.1) is 0 Å². The topological polar surface area (TPSA) is 45.6 Å². The number of nitrogens with zero attached hydrogens (tertiary/aromatic N) is 2. The van der Waals surface area contributed by atoms with E-state index in [1.54, 1.807) is 37.4 Å². The summed E-state index contributed by atoms with van der Waals surface area (Å²) in [5.74, 6) is 6.54. The van der Waals surface area contributed by atoms with E-state index in [0.29, 0.717) is 40.2 Å². The Balaban J connectivity index is 1.37. The van der Waals surface area contributed by atoms with E-state index in [2.05, 4.69) is 21.7 Å². The summed E-state index contributed by atoms with van der Waals surface area (Å²) < 4.78 is 33.9. The highest BCUT2D eigenvalue weighted by atomic mass is 35.5. The second-order valence-electron chi connectivity index (χ2n) is 9.15. The van der Waals surface area contributed by atoms with E-state index in [0.717, 1.165) is 31.5 Å². The molecule has 0 radical (unpaired) electrons. The zero-order valence-electron chi connectivity index (χ0n) is 19.7. The molecule has 1 aromatic heterocycles. The van der Waals surface area contributed by atoms with Crippen molar-refractivity contribution in [3.63, 3.8) is 0 Å². The van der Waals surface area contributed by atoms with Crippen LogP contribution in [0.1, 0.15) is 43.0 Å². The standard InChI is InChI=1S/C28H29ClF2N2O2/c1-35-22-8-9-26-23(17-22)27(24(29)18-32-26)25(31)10-11-28(19-34)12-15-33(16-13-28)14-2-3-20-4-6-21(30)7-5-20/h4-9,17-18,25,34H,10-16,19H2,1H3/t25-/m0/s1. The zero-order valence-corrected chi connectivity index (χ0v) is 20.5. The third kappa shape index (κ3) is 6.10. The van der Waals surface area contributed by atoms with Crippen LogP contribution in [0.5, 0.6) is 5.75 Å². The minimum Gasteiger partial charge on any atom is -0.497 e. The van der Waals surface area contributed by atoms with Gasteiger partial charge in [-0.3, -0.25) is 9.88 Å². The fourth-order valence-corrected chi connectivity index (χ4v) is 4.92. The smallest absolute Gasteiger partial charge is 0.127 e. The first-order valence-corrected chi connectivity index (χ1v) is 12.1. The fourth-order valence-electron chi connectivity index (χ4n) is 4.65. The van der Waals surface area contributed by atoms with Crippen molar-refractivity contribution in [3.8, 4) is 17.6 Å². The van der Waals surface area contributed by atoms with Gasteiger partial charge in [0.25, 0.3) is 0 Å². The molecule has 1 aliphatic heterocycles. The maximum absolute atomic E-state index is 15.6. The van der Waals surface area contributed by atoms with Crippen LogP contribution < -0.4 is 4.74 Å². The van der Waals surface area contributed by atoms with Crippen LogP contribution in [0.2, 0.25) is 5.02 Å². The molecule has 0 unspecified atom stereocenters. The van der Waals surface area contributed by atoms with Crippen molar-refractivity contribution in [2.24, 2.45) is 5.41 Å². The first kappa shape index (κ1) is 25.4. The molecule has 4 rings (SSSR count). The Morgan fingerprint density at radius 2 is 1.94 bits per heavy atom. The third-order valence-corrected chi connectivity index (χ3v) is 7.24. The van der Waals surface area contributed by atoms with Gasteiger partial charge in [-0.05, 0) is 86.7 Å². The Morgan fingerprint density at radius 3 is 2.63 bits per heavy atom. The molecule has 0 saturated carbocycles. The number of aliphatic hydroxyl groups excluding tert-OH is 1. The quantitative estimate of drug-likeness (QED) is 0.409. The first-order chi connectivity index (χ1) is 16.9. The van der Waals surface area contributed by atoms with Gasteiger partial charge in [0.15, 0.2) is 0 Å². The lowest BCUT2D eigenvalue weighted by atomic mass is 9.74. The molecule has 1 fully saturated rings. The lowest BCUT2D eigenvalue weighted by Gasteiger charge is -2.40. The summed E-state index contributed by atoms with van der Waals surface area (Å²) in [7, 11) is 1.57. The number of hydrogen-bond acceptors (Lipinski definition) is 4. The van der Waals surface area contributed by atoms with Gasteiger partial charge in [-0.25, -0.2) is 8.78 Å². The van der Waals surface area contributed by atoms with Crippen LogP contribution >= 0.6 is 11.6 Å². The van der Waals surface area contributed by atoms with E-state index in [9.17, 15) is 9.50 Å². The van der Waals surface area contributed by atoms with E-state index in [1.165, 1.54) is 18.3 Å². The summed E-state index contributed by atoms with van der Waals surface area (Å²) in [5, 5.41) is 11.1. The largest absolute Gasteiger partial charge is 0.497 e. The van der Waals surface area contributed by atoms with Crippen molar-refractivity contribution in [3.05, 3.63) is 70.6 Å². The molecule has 3 aromatic rings. The number of halogens is 3. The van der Waals surface area contributed by atoms with Gasteiger partial charge in [0.2, 0.25) is 0 Å². The van der Waals surface area contributed by atoms with E-state index in [4.69, 9.17) is 16.3 Å². The molecule has 2 aromatic carbocycles. The average Bonchev–Trinajstić information content (AvgIpc) is 2.89. The summed E-state index contributed by atoms with van der Waals surface area (Å²) in [6.07, 6.45) is 2.58. The van der Waals surface area contributed by atoms with Crippen molar-refractivity contribution in [2.45, 2.75) is 31.9 Å². The Labute approximate surface area is 209 Å². The van der Waals surface area contributed by atoms with Gasteiger partial charge in [0, 0.05) is 29.3 Å². The van der Waals surface area contributed by atoms with Gasteiger partial charge < -0.3 is 9.84 Å². The fraction of sp³-hybridized carbons (Fsp3) is 0.393. The molecule has 35 heavy (non-hydrogen) atoms. The van der Waals surface area contributed by atoms with Crippen LogP contribution in [-0.2, 0) is 0 Å². The number of likely N-dealkylation sites (tertiary alicyclic amines) is 1. The van der Waals surface area contributed by atoms with Crippen LogP contribution in [0.4, 0.5) is 8.78 Å². The summed E-state index contributed by atoms with van der Waals surface area (Å²) in [4.78, 5) is 6.54. The Bertz CT molecular complexity index is 1220. The maximum atomic E-state index is 15.6. The highest BCUT2D eigenvalue weighted by Crippen LogP contribution is 2.41. The molecule has 7 heteroatoms. The van der Waals surface area contributed by atoms with Crippen molar-refractivity contribution < 1.29 is 18.6 Å². The Kier molecular flexibility index (Phi) is 8.22. The molecule has 1 aliphatic rings. The molecular formula is C28H29ClF2N2O2. The van der Waals surface area contributed by atoms with Crippen molar-refractivity contribution >= 4 is 22.5 Å². The molecule has 1 N–H and O–H groups in total. The number of pyridine rings is 1. The number of methoxy groups -OCH3 is 1. The van der Waals surface area contributed by atoms with Crippen LogP contribution in [-0.4, -0.2) is 48.3 Å². The summed E-state index contributed by atoms with van der Waals surface area (Å²) in [6.45, 7) is 2.19. The van der Waals surface area contributed by atoms with Crippen LogP contribution in [0.3, 0.4) is 0 Å². The molecule has 1 atom stereocenters. The normalized spacial score (nSPS) is 16.5. The monoisotopic (exact) mass is 498 g/mol. The van der Waals surface area contributed by atoms with Crippen LogP contribution in [0.15, 0.2) is 48.7 Å². The predicted octanol–water partition coefficient (Wildman–Crippen LogP) is 5.95. The van der Waals surface area contributed by atoms with Crippen molar-refractivity contribution in [1.29, 1.82) is 0 Å². The molecule has 0 bridgehead atoms. The van der Waals surface area contributed by atoms with E-state index in [1.807, 2.05) is 0 Å². The van der Waals surface area contributed by atoms with E-state index < -0.39 is 6.17 Å². The second-order valence-corrected chi connectivity index (χ2v) is 9.56. The molecule has 1 saturated heterocycles. The number of benzene rings is 2. The van der Waals surface area contributed by atoms with Gasteiger partial charge in [0.05, 0.1) is 24.2 Å². The number of fused-ring (bicyclic) bond motifs is 1. The number of ether oxygens (including phenoxy) is 1. The van der Waals surface area contributed by atoms with Crippen molar-refractivity contribution in [1.82, 2.24) is 9.88 Å². The summed E-state index contributed by atoms with van der Waals surface area (Å²) in [6, 6.07) is 11.5. The SMILES string of the molecule is COc1ccc2ncc(Cl)c([C@@H](F)CCC3(CO)CCN(CC#Cc4ccc(F)cc4)CC3)c2c1. The number of rotatable bonds is 7. The maximum Gasteiger partial charge on any atom is 0.127 e. The second kappa shape index (κ2) is 11.3. The molecule has 0 spiro atoms. The molecule has 4 nitrogen and oxygen atoms in total. The minimum absolute atomic E-state index is 0.0213. The molecule has 2 heterocycles. The summed E-state index contributed by atoms with van der Waals surface area (Å²) in [5.41, 5.74) is 1.55. The number of aliphatic hydroxyl groups is 1. The van der Waals surface area contributed by atoms with Crippen LogP contribution in [0, 0.1) is 23.1 Å². The van der Waals surface area contributed by atoms with Gasteiger partial charge >= 0.3 is 0 Å². The predicted molar refractivity (Wildman–Crippen MR) is 135 cm³/mol. The Hall–Kier alpha value is -2.72. The zero-order chi connectivity index (χ0) is 24.8. The lowest BCUT2D eigenvalue weighted by molar-refractivity contribution is 0.0344. The highest BCUT2D eigenvalue weighted by Gasteiger charge is 2.35. The molecule has 184 valence electrons. The first-order valence-electron chi connectivity index (χ1n) is 11.8. The van der Waals surface area contributed by atoms with Gasteiger partial charge in [0.1, 0.15) is 17.7 Å². The Morgan fingerprint density at radius 1 is 1.20 bits per heavy atom. The highest BCUT2D eigenvalue weighted by molar-refractivity contribution is 6.32. The summed E-state index contributed by atoms with van der Waals surface area (Å²) >= 11 is 6.37. The molecular weight excluding hydrogens is 470 g/mol. The molecule has 0 amide bonds. The number of piperidine rings is 1. The van der Waals surface area contributed by atoms with Gasteiger partial charge in [-0.2, -0.15) is 0 Å². The number of hydrogen-bond donors (Lipinski definition) is 1. The van der Waals surface area contributed by atoms with Crippen LogP contribution in [0.25, 0.3) is 10.9 Å². The van der Waals surface area contributed by atoms with E-state index in [-0.39, 0.29) is 24.3 Å². The van der Waals surface area contributed by atoms with E-state index >= 15 is 4.39 Å². The number of alkyl halides is 1. The van der Waals surface area contributed by atoms with Crippen molar-refractivity contribution in [2.75, 3.05) is 33.4 Å². The average molecular weight is 499 g/mol. The minimum atomic E-state index is -1.27. The third-order valence-electron chi connectivity index (χ3n) is 6.94. The molecule has 0 aliphatic carbocycles. The number of aromatic nitrogens is 1. The lowest BCUT2D eigenvalue weighted by Crippen LogP contribution is -2.42. The van der Waals surface area contributed by atoms with Gasteiger partial charge in [-0.1, -0.05) is 23.4 Å².